The fraction of sp³-hybridized carbons (Fsp3) is 0.200. The van der Waals surface area contributed by atoms with Gasteiger partial charge in [-0.2, -0.15) is 8.42 Å². The number of nitro benzene ring substituents is 1. The van der Waals surface area contributed by atoms with E-state index in [2.05, 4.69) is 0 Å². The second kappa shape index (κ2) is 5.76. The van der Waals surface area contributed by atoms with Crippen LogP contribution in [0.4, 0.5) is 5.69 Å². The minimum atomic E-state index is -4.29. The molecule has 2 aromatic carbocycles. The zero-order valence-corrected chi connectivity index (χ0v) is 13.2. The Balaban J connectivity index is 2.52. The minimum absolute atomic E-state index is 0.198. The van der Waals surface area contributed by atoms with Crippen LogP contribution in [0.3, 0.4) is 0 Å². The molecule has 2 rings (SSSR count). The van der Waals surface area contributed by atoms with Crippen LogP contribution in [0.1, 0.15) is 16.7 Å². The Morgan fingerprint density at radius 1 is 1.05 bits per heavy atom. The van der Waals surface area contributed by atoms with Crippen LogP contribution >= 0.6 is 0 Å². The lowest BCUT2D eigenvalue weighted by atomic mass is 10.1. The Morgan fingerprint density at radius 3 is 2.14 bits per heavy atom. The van der Waals surface area contributed by atoms with Crippen LogP contribution < -0.4 is 4.18 Å². The van der Waals surface area contributed by atoms with Crippen molar-refractivity contribution >= 4 is 15.8 Å². The van der Waals surface area contributed by atoms with Gasteiger partial charge >= 0.3 is 10.1 Å². The van der Waals surface area contributed by atoms with Gasteiger partial charge in [0, 0.05) is 6.07 Å². The summed E-state index contributed by atoms with van der Waals surface area (Å²) in [6.07, 6.45) is 0. The Kier molecular flexibility index (Phi) is 4.18. The first-order chi connectivity index (χ1) is 10.2. The molecule has 2 aromatic rings. The summed E-state index contributed by atoms with van der Waals surface area (Å²) in [4.78, 5) is 9.78. The molecule has 0 atom stereocenters. The fourth-order valence-corrected chi connectivity index (χ4v) is 3.49. The quantitative estimate of drug-likeness (QED) is 0.490. The maximum Gasteiger partial charge on any atom is 0.346 e. The standard InChI is InChI=1S/C15H15NO5S/c1-10-8-11(2)15(12(3)9-10)21-22(19,20)14-7-5-4-6-13(14)16(17)18/h4-9H,1-3H3. The summed E-state index contributed by atoms with van der Waals surface area (Å²) in [6.45, 7) is 5.34. The molecule has 0 bridgehead atoms. The van der Waals surface area contributed by atoms with Crippen molar-refractivity contribution in [1.29, 1.82) is 0 Å². The molecule has 0 aliphatic rings. The molecule has 7 heteroatoms. The van der Waals surface area contributed by atoms with Crippen molar-refractivity contribution in [3.8, 4) is 5.75 Å². The second-order valence-electron chi connectivity index (χ2n) is 4.99. The first-order valence-corrected chi connectivity index (χ1v) is 7.89. The molecule has 0 N–H and O–H groups in total. The van der Waals surface area contributed by atoms with Crippen LogP contribution in [-0.2, 0) is 10.1 Å². The number of para-hydroxylation sites is 1. The molecule has 6 nitrogen and oxygen atoms in total. The number of nitro groups is 1. The topological polar surface area (TPSA) is 86.5 Å². The van der Waals surface area contributed by atoms with Crippen LogP contribution in [0.25, 0.3) is 0 Å². The van der Waals surface area contributed by atoms with Crippen molar-refractivity contribution in [3.63, 3.8) is 0 Å². The summed E-state index contributed by atoms with van der Waals surface area (Å²) in [7, 11) is -4.29. The zero-order valence-electron chi connectivity index (χ0n) is 12.4. The van der Waals surface area contributed by atoms with Crippen LogP contribution in [0.15, 0.2) is 41.3 Å². The summed E-state index contributed by atoms with van der Waals surface area (Å²) >= 11 is 0. The minimum Gasteiger partial charge on any atom is -0.378 e. The van der Waals surface area contributed by atoms with E-state index in [1.807, 2.05) is 6.92 Å². The maximum atomic E-state index is 12.4. The van der Waals surface area contributed by atoms with Crippen molar-refractivity contribution in [2.45, 2.75) is 25.7 Å². The average Bonchev–Trinajstić information content (AvgIpc) is 2.43. The number of benzene rings is 2. The Hall–Kier alpha value is -2.41. The summed E-state index contributed by atoms with van der Waals surface area (Å²) in [5.41, 5.74) is 1.77. The van der Waals surface area contributed by atoms with E-state index < -0.39 is 25.6 Å². The first-order valence-electron chi connectivity index (χ1n) is 6.48. The number of aryl methyl sites for hydroxylation is 3. The van der Waals surface area contributed by atoms with Gasteiger partial charge in [0.15, 0.2) is 4.90 Å². The first kappa shape index (κ1) is 16.0. The molecule has 0 aliphatic carbocycles. The number of hydrogen-bond acceptors (Lipinski definition) is 5. The number of hydrogen-bond donors (Lipinski definition) is 0. The second-order valence-corrected chi connectivity index (χ2v) is 6.50. The van der Waals surface area contributed by atoms with Crippen LogP contribution in [-0.4, -0.2) is 13.3 Å². The van der Waals surface area contributed by atoms with E-state index in [9.17, 15) is 18.5 Å². The Bertz CT molecular complexity index is 820. The third-order valence-corrected chi connectivity index (χ3v) is 4.40. The summed E-state index contributed by atoms with van der Waals surface area (Å²) < 4.78 is 29.9. The maximum absolute atomic E-state index is 12.4. The van der Waals surface area contributed by atoms with Crippen molar-refractivity contribution < 1.29 is 17.5 Å². The monoisotopic (exact) mass is 321 g/mol. The molecule has 0 heterocycles. The van der Waals surface area contributed by atoms with Gasteiger partial charge in [-0.3, -0.25) is 10.1 Å². The molecule has 0 aliphatic heterocycles. The van der Waals surface area contributed by atoms with E-state index in [0.29, 0.717) is 11.1 Å². The van der Waals surface area contributed by atoms with Crippen molar-refractivity contribution in [3.05, 3.63) is 63.2 Å². The van der Waals surface area contributed by atoms with Gasteiger partial charge in [-0.05, 0) is 38.0 Å². The Labute approximate surface area is 128 Å². The van der Waals surface area contributed by atoms with Gasteiger partial charge in [-0.15, -0.1) is 0 Å². The highest BCUT2D eigenvalue weighted by Crippen LogP contribution is 2.30. The lowest BCUT2D eigenvalue weighted by molar-refractivity contribution is -0.387. The molecule has 22 heavy (non-hydrogen) atoms. The molecule has 0 spiro atoms. The van der Waals surface area contributed by atoms with Gasteiger partial charge < -0.3 is 4.18 Å². The lowest BCUT2D eigenvalue weighted by Gasteiger charge is -2.13. The SMILES string of the molecule is Cc1cc(C)c(OS(=O)(=O)c2ccccc2[N+](=O)[O-])c(C)c1. The van der Waals surface area contributed by atoms with E-state index in [4.69, 9.17) is 4.18 Å². The molecule has 0 fully saturated rings. The molecular formula is C15H15NO5S. The van der Waals surface area contributed by atoms with Crippen LogP contribution in [0.2, 0.25) is 0 Å². The molecule has 0 saturated carbocycles. The van der Waals surface area contributed by atoms with Gasteiger partial charge in [0.2, 0.25) is 0 Å². The predicted molar refractivity (Wildman–Crippen MR) is 81.6 cm³/mol. The largest absolute Gasteiger partial charge is 0.378 e. The molecule has 0 amide bonds. The van der Waals surface area contributed by atoms with E-state index in [0.717, 1.165) is 17.7 Å². The summed E-state index contributed by atoms with van der Waals surface area (Å²) in [5.74, 6) is 0.198. The molecule has 0 radical (unpaired) electrons. The van der Waals surface area contributed by atoms with E-state index in [1.165, 1.54) is 12.1 Å². The normalized spacial score (nSPS) is 11.2. The third-order valence-electron chi connectivity index (χ3n) is 3.13. The molecule has 0 aromatic heterocycles. The molecular weight excluding hydrogens is 306 g/mol. The van der Waals surface area contributed by atoms with E-state index in [-0.39, 0.29) is 5.75 Å². The average molecular weight is 321 g/mol. The molecule has 0 unspecified atom stereocenters. The van der Waals surface area contributed by atoms with Crippen molar-refractivity contribution in [1.82, 2.24) is 0 Å². The summed E-state index contributed by atoms with van der Waals surface area (Å²) in [5, 5.41) is 11.0. The van der Waals surface area contributed by atoms with Gasteiger partial charge in [-0.25, -0.2) is 0 Å². The predicted octanol–water partition coefficient (Wildman–Crippen LogP) is 3.29. The molecule has 116 valence electrons. The van der Waals surface area contributed by atoms with Gasteiger partial charge in [-0.1, -0.05) is 29.8 Å². The van der Waals surface area contributed by atoms with Crippen molar-refractivity contribution in [2.24, 2.45) is 0 Å². The van der Waals surface area contributed by atoms with Crippen molar-refractivity contribution in [2.75, 3.05) is 0 Å². The van der Waals surface area contributed by atoms with Gasteiger partial charge in [0.05, 0.1) is 4.92 Å². The highest BCUT2D eigenvalue weighted by molar-refractivity contribution is 7.87. The van der Waals surface area contributed by atoms with Gasteiger partial charge in [0.1, 0.15) is 5.75 Å². The van der Waals surface area contributed by atoms with Crippen LogP contribution in [0.5, 0.6) is 5.75 Å². The summed E-state index contributed by atoms with van der Waals surface area (Å²) in [6, 6.07) is 8.68. The van der Waals surface area contributed by atoms with Crippen LogP contribution in [0, 0.1) is 30.9 Å². The number of nitrogens with zero attached hydrogens (tertiary/aromatic N) is 1. The fourth-order valence-electron chi connectivity index (χ4n) is 2.27. The smallest absolute Gasteiger partial charge is 0.346 e. The highest BCUT2D eigenvalue weighted by Gasteiger charge is 2.28. The Morgan fingerprint density at radius 2 is 1.59 bits per heavy atom. The third kappa shape index (κ3) is 3.09. The molecule has 0 saturated heterocycles. The highest BCUT2D eigenvalue weighted by atomic mass is 32.2. The van der Waals surface area contributed by atoms with E-state index in [1.54, 1.807) is 26.0 Å². The lowest BCUT2D eigenvalue weighted by Crippen LogP contribution is -2.13. The zero-order chi connectivity index (χ0) is 16.5. The van der Waals surface area contributed by atoms with E-state index >= 15 is 0 Å². The number of rotatable bonds is 4. The van der Waals surface area contributed by atoms with Gasteiger partial charge in [0.25, 0.3) is 5.69 Å².